The van der Waals surface area contributed by atoms with E-state index in [1.54, 1.807) is 60.7 Å². The Morgan fingerprint density at radius 3 is 0.875 bits per heavy atom. The highest BCUT2D eigenvalue weighted by Crippen LogP contribution is 2.43. The Bertz CT molecular complexity index is 1880. The molecule has 6 aromatic rings. The second-order valence-electron chi connectivity index (χ2n) is 10.2. The molecule has 48 heavy (non-hydrogen) atoms. The van der Waals surface area contributed by atoms with Gasteiger partial charge in [0.15, 0.2) is 23.3 Å². The van der Waals surface area contributed by atoms with Gasteiger partial charge >= 0.3 is 0 Å². The highest BCUT2D eigenvalue weighted by atomic mass is 19.2. The van der Waals surface area contributed by atoms with Gasteiger partial charge in [-0.1, -0.05) is 36.4 Å². The molecule has 6 rings (SSSR count). The quantitative estimate of drug-likeness (QED) is 0.119. The van der Waals surface area contributed by atoms with Crippen LogP contribution in [0.5, 0.6) is 23.0 Å². The van der Waals surface area contributed by atoms with E-state index in [1.165, 1.54) is 48.5 Å². The summed E-state index contributed by atoms with van der Waals surface area (Å²) >= 11 is 0. The highest BCUT2D eigenvalue weighted by Gasteiger charge is 2.35. The fourth-order valence-corrected chi connectivity index (χ4v) is 4.67. The molecule has 0 fully saturated rings. The van der Waals surface area contributed by atoms with Gasteiger partial charge in [-0.15, -0.1) is 0 Å². The zero-order chi connectivity index (χ0) is 33.9. The maximum Gasteiger partial charge on any atom is 0.205 e. The van der Waals surface area contributed by atoms with E-state index in [4.69, 9.17) is 9.47 Å². The third-order valence-electron chi connectivity index (χ3n) is 6.97. The molecule has 0 heterocycles. The Labute approximate surface area is 267 Å². The number of nitrogens with one attached hydrogen (secondary N) is 2. The third-order valence-corrected chi connectivity index (χ3v) is 6.97. The number of halogens is 8. The fraction of sp³-hybridized carbons (Fsp3) is 0. The van der Waals surface area contributed by atoms with Gasteiger partial charge in [-0.2, -0.15) is 17.6 Å². The molecule has 0 saturated carbocycles. The fourth-order valence-electron chi connectivity index (χ4n) is 4.67. The van der Waals surface area contributed by atoms with Crippen LogP contribution >= 0.6 is 0 Å². The van der Waals surface area contributed by atoms with Crippen molar-refractivity contribution in [1.82, 2.24) is 0 Å². The number of hydrogen-bond acceptors (Lipinski definition) is 4. The molecular weight excluding hydrogens is 644 g/mol. The molecule has 0 bridgehead atoms. The Morgan fingerprint density at radius 1 is 0.312 bits per heavy atom. The first-order valence-electron chi connectivity index (χ1n) is 14.0. The maximum atomic E-state index is 15.2. The van der Waals surface area contributed by atoms with Crippen LogP contribution in [0.3, 0.4) is 0 Å². The van der Waals surface area contributed by atoms with Gasteiger partial charge in [-0.3, -0.25) is 0 Å². The van der Waals surface area contributed by atoms with Crippen molar-refractivity contribution in [2.45, 2.75) is 0 Å². The molecule has 12 heteroatoms. The highest BCUT2D eigenvalue weighted by molar-refractivity contribution is 5.70. The van der Waals surface area contributed by atoms with Crippen molar-refractivity contribution in [3.05, 3.63) is 156 Å². The van der Waals surface area contributed by atoms with E-state index in [-0.39, 0.29) is 11.5 Å². The lowest BCUT2D eigenvalue weighted by molar-refractivity contribution is 0.360. The van der Waals surface area contributed by atoms with Crippen LogP contribution in [-0.4, -0.2) is 0 Å². The zero-order valence-electron chi connectivity index (χ0n) is 24.2. The van der Waals surface area contributed by atoms with Gasteiger partial charge in [-0.05, 0) is 72.8 Å². The molecule has 0 aliphatic carbocycles. The lowest BCUT2D eigenvalue weighted by Crippen LogP contribution is -2.09. The molecule has 0 aromatic heterocycles. The van der Waals surface area contributed by atoms with Crippen molar-refractivity contribution in [2.24, 2.45) is 0 Å². The van der Waals surface area contributed by atoms with Crippen LogP contribution in [0, 0.1) is 46.5 Å². The van der Waals surface area contributed by atoms with Crippen LogP contribution in [-0.2, 0) is 0 Å². The molecule has 0 aliphatic heterocycles. The zero-order valence-corrected chi connectivity index (χ0v) is 24.2. The van der Waals surface area contributed by atoms with Crippen molar-refractivity contribution in [1.29, 1.82) is 0 Å². The lowest BCUT2D eigenvalue weighted by Gasteiger charge is -2.16. The SMILES string of the molecule is Fc1c(F)c(-c2c(F)c(F)c(Oc3ccc(Nc4ccccc4)cc3)c(F)c2F)c(F)c(F)c1Oc1ccc(Nc2ccccc2)cc1. The normalized spacial score (nSPS) is 10.9. The van der Waals surface area contributed by atoms with E-state index in [0.717, 1.165) is 11.4 Å². The summed E-state index contributed by atoms with van der Waals surface area (Å²) in [6.07, 6.45) is 0. The topological polar surface area (TPSA) is 42.5 Å². The summed E-state index contributed by atoms with van der Waals surface area (Å²) in [4.78, 5) is 0. The minimum atomic E-state index is -2.36. The van der Waals surface area contributed by atoms with Gasteiger partial charge < -0.3 is 20.1 Å². The molecule has 6 aromatic carbocycles. The predicted octanol–water partition coefficient (Wildman–Crippen LogP) is 11.5. The molecule has 0 aliphatic rings. The molecule has 0 unspecified atom stereocenters. The first-order chi connectivity index (χ1) is 23.1. The summed E-state index contributed by atoms with van der Waals surface area (Å²) in [5.41, 5.74) is -1.56. The van der Waals surface area contributed by atoms with Crippen molar-refractivity contribution >= 4 is 22.7 Å². The molecule has 0 saturated heterocycles. The van der Waals surface area contributed by atoms with Crippen LogP contribution in [0.4, 0.5) is 57.9 Å². The standard InChI is InChI=1S/C36H20F8N2O2/c37-27-25(28(38)32(42)35(31(27)41)47-23-15-11-21(12-16-23)45-19-7-3-1-4-8-19)26-29(39)33(43)36(34(44)30(26)40)48-24-17-13-22(14-18-24)46-20-9-5-2-6-10-20/h1-18,45-46H. The monoisotopic (exact) mass is 664 g/mol. The van der Waals surface area contributed by atoms with E-state index < -0.39 is 69.2 Å². The lowest BCUT2D eigenvalue weighted by atomic mass is 10.0. The van der Waals surface area contributed by atoms with Crippen LogP contribution in [0.25, 0.3) is 11.1 Å². The second kappa shape index (κ2) is 13.4. The molecule has 242 valence electrons. The minimum Gasteiger partial charge on any atom is -0.451 e. The van der Waals surface area contributed by atoms with Gasteiger partial charge in [0.05, 0.1) is 11.1 Å². The number of anilines is 4. The number of rotatable bonds is 9. The molecule has 0 spiro atoms. The first-order valence-corrected chi connectivity index (χ1v) is 14.0. The number of para-hydroxylation sites is 2. The largest absolute Gasteiger partial charge is 0.451 e. The van der Waals surface area contributed by atoms with Gasteiger partial charge in [0.2, 0.25) is 34.8 Å². The number of hydrogen-bond donors (Lipinski definition) is 2. The van der Waals surface area contributed by atoms with Gasteiger partial charge in [0, 0.05) is 22.7 Å². The Balaban J connectivity index is 1.27. The van der Waals surface area contributed by atoms with Crippen molar-refractivity contribution in [2.75, 3.05) is 10.6 Å². The molecular formula is C36H20F8N2O2. The van der Waals surface area contributed by atoms with Gasteiger partial charge in [0.1, 0.15) is 11.5 Å². The predicted molar refractivity (Wildman–Crippen MR) is 164 cm³/mol. The first kappa shape index (κ1) is 31.9. The smallest absolute Gasteiger partial charge is 0.205 e. The van der Waals surface area contributed by atoms with Crippen molar-refractivity contribution in [3.63, 3.8) is 0 Å². The second-order valence-corrected chi connectivity index (χ2v) is 10.2. The Morgan fingerprint density at radius 2 is 0.583 bits per heavy atom. The van der Waals surface area contributed by atoms with E-state index in [9.17, 15) is 0 Å². The minimum absolute atomic E-state index is 0.266. The van der Waals surface area contributed by atoms with E-state index >= 15 is 35.1 Å². The van der Waals surface area contributed by atoms with E-state index in [2.05, 4.69) is 10.6 Å². The molecule has 0 amide bonds. The third kappa shape index (κ3) is 6.32. The van der Waals surface area contributed by atoms with E-state index in [1.807, 2.05) is 0 Å². The van der Waals surface area contributed by atoms with Crippen LogP contribution < -0.4 is 20.1 Å². The average molecular weight is 665 g/mol. The summed E-state index contributed by atoms with van der Waals surface area (Å²) in [6, 6.07) is 28.5. The summed E-state index contributed by atoms with van der Waals surface area (Å²) in [5.74, 6) is -22.0. The molecule has 0 atom stereocenters. The molecule has 0 radical (unpaired) electrons. The summed E-state index contributed by atoms with van der Waals surface area (Å²) in [5, 5.41) is 6.08. The number of benzene rings is 6. The van der Waals surface area contributed by atoms with Crippen molar-refractivity contribution < 1.29 is 44.6 Å². The summed E-state index contributed by atoms with van der Waals surface area (Å²) in [6.45, 7) is 0. The van der Waals surface area contributed by atoms with Crippen LogP contribution in [0.1, 0.15) is 0 Å². The van der Waals surface area contributed by atoms with Gasteiger partial charge in [0.25, 0.3) is 0 Å². The Kier molecular flexibility index (Phi) is 8.89. The maximum absolute atomic E-state index is 15.2. The summed E-state index contributed by atoms with van der Waals surface area (Å²) < 4.78 is 131. The number of ether oxygens (including phenoxy) is 2. The van der Waals surface area contributed by atoms with Gasteiger partial charge in [-0.25, -0.2) is 17.6 Å². The molecule has 2 N–H and O–H groups in total. The van der Waals surface area contributed by atoms with E-state index in [0.29, 0.717) is 11.4 Å². The van der Waals surface area contributed by atoms with Crippen molar-refractivity contribution in [3.8, 4) is 34.1 Å². The average Bonchev–Trinajstić information content (AvgIpc) is 3.10. The summed E-state index contributed by atoms with van der Waals surface area (Å²) in [7, 11) is 0. The molecule has 4 nitrogen and oxygen atoms in total. The van der Waals surface area contributed by atoms with Crippen LogP contribution in [0.15, 0.2) is 109 Å². The van der Waals surface area contributed by atoms with Crippen LogP contribution in [0.2, 0.25) is 0 Å². The Hall–Kier alpha value is -6.04.